The molecule has 2 amide bonds. The number of carboxylic acid groups (broad SMARTS) is 1. The van der Waals surface area contributed by atoms with Gasteiger partial charge in [0, 0.05) is 18.1 Å². The number of rotatable bonds is 9. The third kappa shape index (κ3) is 12.1. The van der Waals surface area contributed by atoms with Crippen LogP contribution in [0.4, 0.5) is 4.79 Å². The molecule has 0 aliphatic carbocycles. The Morgan fingerprint density at radius 1 is 1.00 bits per heavy atom. The van der Waals surface area contributed by atoms with E-state index in [1.807, 2.05) is 36.4 Å². The van der Waals surface area contributed by atoms with E-state index in [4.69, 9.17) is 4.74 Å². The van der Waals surface area contributed by atoms with Crippen molar-refractivity contribution in [2.75, 3.05) is 6.26 Å². The molecule has 2 aromatic rings. The van der Waals surface area contributed by atoms with Gasteiger partial charge in [0.25, 0.3) is 0 Å². The number of alkyl carbamates (subject to hydrolysis) is 1. The highest BCUT2D eigenvalue weighted by atomic mass is 32.2. The Hall–Kier alpha value is -3.66. The number of carbonyl (C=O) groups excluding carboxylic acids is 2. The van der Waals surface area contributed by atoms with Crippen molar-refractivity contribution in [3.05, 3.63) is 83.8 Å². The molecule has 0 aliphatic rings. The van der Waals surface area contributed by atoms with Crippen LogP contribution in [0.5, 0.6) is 0 Å². The maximum Gasteiger partial charge on any atom is 0.408 e. The van der Waals surface area contributed by atoms with Crippen molar-refractivity contribution in [3.63, 3.8) is 0 Å². The summed E-state index contributed by atoms with van der Waals surface area (Å²) in [4.78, 5) is 35.4. The Kier molecular flexibility index (Phi) is 11.4. The second-order valence-corrected chi connectivity index (χ2v) is 9.01. The standard InChI is InChI=1S/C20H22N2O5.C3H6O2S/c1-14(21-20(26)27-13-16-10-6-3-7-11-16)18(23)22-17(19(24)25)12-15-8-4-2-5-9-15;1-3-6(2,4)5/h2-11,14,17H,12-13H2,1H3,(H,21,26)(H,22,23)(H,24,25);3H,1H2,2H3. The zero-order valence-electron chi connectivity index (χ0n) is 18.4. The van der Waals surface area contributed by atoms with E-state index in [2.05, 4.69) is 17.2 Å². The number of hydrogen-bond donors (Lipinski definition) is 3. The second kappa shape index (κ2) is 13.7. The molecular weight excluding hydrogens is 448 g/mol. The molecule has 0 saturated heterocycles. The van der Waals surface area contributed by atoms with Gasteiger partial charge in [-0.05, 0) is 18.1 Å². The predicted molar refractivity (Wildman–Crippen MR) is 124 cm³/mol. The van der Waals surface area contributed by atoms with Crippen molar-refractivity contribution in [1.29, 1.82) is 0 Å². The van der Waals surface area contributed by atoms with Gasteiger partial charge < -0.3 is 20.5 Å². The first-order chi connectivity index (χ1) is 15.5. The lowest BCUT2D eigenvalue weighted by Crippen LogP contribution is -2.51. The van der Waals surface area contributed by atoms with Crippen molar-refractivity contribution in [1.82, 2.24) is 10.6 Å². The summed E-state index contributed by atoms with van der Waals surface area (Å²) in [5.74, 6) is -1.75. The minimum Gasteiger partial charge on any atom is -0.480 e. The molecule has 9 nitrogen and oxygen atoms in total. The first kappa shape index (κ1) is 27.4. The Balaban J connectivity index is 0.000000801. The third-order valence-electron chi connectivity index (χ3n) is 4.14. The summed E-state index contributed by atoms with van der Waals surface area (Å²) in [6, 6.07) is 16.1. The highest BCUT2D eigenvalue weighted by Crippen LogP contribution is 2.04. The fourth-order valence-corrected chi connectivity index (χ4v) is 2.35. The number of sulfone groups is 1. The molecule has 2 atom stereocenters. The summed E-state index contributed by atoms with van der Waals surface area (Å²) in [5.41, 5.74) is 1.60. The third-order valence-corrected chi connectivity index (χ3v) is 4.75. The summed E-state index contributed by atoms with van der Waals surface area (Å²) in [6.45, 7) is 4.58. The smallest absolute Gasteiger partial charge is 0.408 e. The number of carboxylic acids is 1. The Morgan fingerprint density at radius 2 is 1.48 bits per heavy atom. The quantitative estimate of drug-likeness (QED) is 0.505. The molecule has 33 heavy (non-hydrogen) atoms. The zero-order valence-corrected chi connectivity index (χ0v) is 19.2. The zero-order chi connectivity index (χ0) is 24.9. The van der Waals surface area contributed by atoms with Crippen LogP contribution in [0.3, 0.4) is 0 Å². The van der Waals surface area contributed by atoms with Crippen molar-refractivity contribution in [2.24, 2.45) is 0 Å². The van der Waals surface area contributed by atoms with Crippen LogP contribution in [0.1, 0.15) is 18.1 Å². The molecule has 0 saturated carbocycles. The summed E-state index contributed by atoms with van der Waals surface area (Å²) < 4.78 is 24.8. The van der Waals surface area contributed by atoms with E-state index in [9.17, 15) is 27.9 Å². The van der Waals surface area contributed by atoms with Crippen molar-refractivity contribution in [3.8, 4) is 0 Å². The number of amides is 2. The van der Waals surface area contributed by atoms with Crippen molar-refractivity contribution in [2.45, 2.75) is 32.0 Å². The van der Waals surface area contributed by atoms with E-state index in [0.717, 1.165) is 22.8 Å². The number of carbonyl (C=O) groups is 3. The molecule has 0 spiro atoms. The second-order valence-electron chi connectivity index (χ2n) is 7.01. The van der Waals surface area contributed by atoms with Gasteiger partial charge in [-0.1, -0.05) is 67.2 Å². The lowest BCUT2D eigenvalue weighted by Gasteiger charge is -2.18. The minimum atomic E-state index is -2.90. The number of hydrogen-bond acceptors (Lipinski definition) is 6. The molecule has 2 aromatic carbocycles. The van der Waals surface area contributed by atoms with Crippen LogP contribution in [0.25, 0.3) is 0 Å². The predicted octanol–water partition coefficient (Wildman–Crippen LogP) is 2.29. The van der Waals surface area contributed by atoms with Gasteiger partial charge in [-0.2, -0.15) is 0 Å². The van der Waals surface area contributed by atoms with Crippen LogP contribution < -0.4 is 10.6 Å². The molecule has 0 bridgehead atoms. The fourth-order valence-electron chi connectivity index (χ4n) is 2.35. The topological polar surface area (TPSA) is 139 Å². The SMILES string of the molecule is C=CS(C)(=O)=O.CC(NC(=O)OCc1ccccc1)C(=O)NC(Cc1ccccc1)C(=O)O. The van der Waals surface area contributed by atoms with Crippen molar-refractivity contribution >= 4 is 27.8 Å². The first-order valence-corrected chi connectivity index (χ1v) is 11.8. The minimum absolute atomic E-state index is 0.0762. The van der Waals surface area contributed by atoms with Gasteiger partial charge in [0.05, 0.1) is 0 Å². The van der Waals surface area contributed by atoms with Gasteiger partial charge in [-0.25, -0.2) is 18.0 Å². The Morgan fingerprint density at radius 3 is 1.94 bits per heavy atom. The van der Waals surface area contributed by atoms with Gasteiger partial charge in [0.2, 0.25) is 5.91 Å². The van der Waals surface area contributed by atoms with Gasteiger partial charge in [-0.15, -0.1) is 0 Å². The fraction of sp³-hybridized carbons (Fsp3) is 0.261. The lowest BCUT2D eigenvalue weighted by molar-refractivity contribution is -0.142. The highest BCUT2D eigenvalue weighted by molar-refractivity contribution is 7.93. The number of nitrogens with one attached hydrogen (secondary N) is 2. The Bertz CT molecular complexity index is 1010. The molecule has 178 valence electrons. The first-order valence-electron chi connectivity index (χ1n) is 9.88. The van der Waals surface area contributed by atoms with E-state index in [1.54, 1.807) is 24.3 Å². The van der Waals surface area contributed by atoms with Gasteiger partial charge >= 0.3 is 12.1 Å². The van der Waals surface area contributed by atoms with E-state index >= 15 is 0 Å². The average molecular weight is 477 g/mol. The van der Waals surface area contributed by atoms with E-state index < -0.39 is 39.9 Å². The molecule has 0 aromatic heterocycles. The summed E-state index contributed by atoms with van der Waals surface area (Å²) in [5, 5.41) is 15.1. The molecule has 0 radical (unpaired) electrons. The van der Waals surface area contributed by atoms with E-state index in [0.29, 0.717) is 0 Å². The molecule has 0 fully saturated rings. The van der Waals surface area contributed by atoms with E-state index in [-0.39, 0.29) is 13.0 Å². The van der Waals surface area contributed by atoms with Crippen LogP contribution in [0.2, 0.25) is 0 Å². The summed E-state index contributed by atoms with van der Waals surface area (Å²) in [7, 11) is -2.90. The maximum absolute atomic E-state index is 12.2. The van der Waals surface area contributed by atoms with Gasteiger partial charge in [-0.3, -0.25) is 4.79 Å². The van der Waals surface area contributed by atoms with Crippen molar-refractivity contribution < 1.29 is 32.6 Å². The average Bonchev–Trinajstić information content (AvgIpc) is 2.78. The van der Waals surface area contributed by atoms with Crippen LogP contribution in [-0.4, -0.2) is 49.8 Å². The van der Waals surface area contributed by atoms with E-state index in [1.165, 1.54) is 6.92 Å². The van der Waals surface area contributed by atoms with Crippen LogP contribution in [0, 0.1) is 0 Å². The lowest BCUT2D eigenvalue weighted by atomic mass is 10.1. The largest absolute Gasteiger partial charge is 0.480 e. The molecule has 2 unspecified atom stereocenters. The number of ether oxygens (including phenoxy) is 1. The van der Waals surface area contributed by atoms with Gasteiger partial charge in [0.1, 0.15) is 18.7 Å². The van der Waals surface area contributed by atoms with Crippen LogP contribution >= 0.6 is 0 Å². The van der Waals surface area contributed by atoms with Gasteiger partial charge in [0.15, 0.2) is 9.84 Å². The molecule has 2 rings (SSSR count). The number of benzene rings is 2. The molecule has 0 aliphatic heterocycles. The van der Waals surface area contributed by atoms with Crippen LogP contribution in [0.15, 0.2) is 72.7 Å². The Labute approximate surface area is 193 Å². The highest BCUT2D eigenvalue weighted by Gasteiger charge is 2.24. The normalized spacial score (nSPS) is 12.2. The van der Waals surface area contributed by atoms with Crippen LogP contribution in [-0.2, 0) is 37.2 Å². The molecule has 3 N–H and O–H groups in total. The maximum atomic E-state index is 12.2. The number of aliphatic carboxylic acids is 1. The molecule has 10 heteroatoms. The summed E-state index contributed by atoms with van der Waals surface area (Å²) >= 11 is 0. The summed E-state index contributed by atoms with van der Waals surface area (Å²) in [6.07, 6.45) is 0.490. The molecule has 0 heterocycles. The molecular formula is C23H28N2O7S. The monoisotopic (exact) mass is 476 g/mol.